The Labute approximate surface area is 120 Å². The van der Waals surface area contributed by atoms with Crippen LogP contribution in [0, 0.1) is 17.0 Å². The summed E-state index contributed by atoms with van der Waals surface area (Å²) in [4.78, 5) is 9.97. The Kier molecular flexibility index (Phi) is 4.47. The van der Waals surface area contributed by atoms with Gasteiger partial charge in [-0.05, 0) is 24.1 Å². The molecule has 110 valence electrons. The Balaban J connectivity index is 2.23. The van der Waals surface area contributed by atoms with E-state index >= 15 is 0 Å². The molecule has 2 aromatic rings. The molecule has 21 heavy (non-hydrogen) atoms. The van der Waals surface area contributed by atoms with Crippen LogP contribution in [0.25, 0.3) is 0 Å². The quantitative estimate of drug-likeness (QED) is 0.654. The topological polar surface area (TPSA) is 55.2 Å². The Morgan fingerprint density at radius 1 is 1.24 bits per heavy atom. The molecule has 0 heterocycles. The highest BCUT2D eigenvalue weighted by Crippen LogP contribution is 2.31. The van der Waals surface area contributed by atoms with E-state index in [1.54, 1.807) is 0 Å². The lowest BCUT2D eigenvalue weighted by molar-refractivity contribution is -0.385. The molecule has 0 radical (unpaired) electrons. The van der Waals surface area contributed by atoms with Crippen LogP contribution in [0.5, 0.6) is 0 Å². The van der Waals surface area contributed by atoms with E-state index in [4.69, 9.17) is 0 Å². The Morgan fingerprint density at radius 2 is 1.95 bits per heavy atom. The van der Waals surface area contributed by atoms with Crippen LogP contribution in [0.4, 0.5) is 20.2 Å². The lowest BCUT2D eigenvalue weighted by Gasteiger charge is -2.12. The number of rotatable bonds is 5. The first-order valence-electron chi connectivity index (χ1n) is 6.34. The number of halogens is 2. The van der Waals surface area contributed by atoms with Gasteiger partial charge in [-0.1, -0.05) is 24.3 Å². The van der Waals surface area contributed by atoms with Crippen LogP contribution >= 0.6 is 0 Å². The van der Waals surface area contributed by atoms with Crippen LogP contribution in [0.1, 0.15) is 23.1 Å². The van der Waals surface area contributed by atoms with Crippen LogP contribution < -0.4 is 5.32 Å². The van der Waals surface area contributed by atoms with Crippen LogP contribution in [-0.4, -0.2) is 4.92 Å². The summed E-state index contributed by atoms with van der Waals surface area (Å²) in [6, 6.07) is 11.0. The maximum atomic E-state index is 13.0. The van der Waals surface area contributed by atoms with Gasteiger partial charge < -0.3 is 5.32 Å². The van der Waals surface area contributed by atoms with Gasteiger partial charge in [-0.3, -0.25) is 10.1 Å². The molecule has 2 rings (SSSR count). The van der Waals surface area contributed by atoms with Crippen molar-refractivity contribution < 1.29 is 13.7 Å². The summed E-state index contributed by atoms with van der Waals surface area (Å²) in [5.41, 5.74) is 1.53. The van der Waals surface area contributed by atoms with Crippen molar-refractivity contribution in [2.24, 2.45) is 0 Å². The number of nitrogens with one attached hydrogen (secondary N) is 1. The first-order chi connectivity index (χ1) is 9.99. The maximum absolute atomic E-state index is 13.0. The van der Waals surface area contributed by atoms with Gasteiger partial charge in [0.2, 0.25) is 0 Å². The van der Waals surface area contributed by atoms with E-state index < -0.39 is 11.3 Å². The van der Waals surface area contributed by atoms with Gasteiger partial charge in [0.05, 0.1) is 4.92 Å². The van der Waals surface area contributed by atoms with Crippen molar-refractivity contribution in [3.63, 3.8) is 0 Å². The van der Waals surface area contributed by atoms with E-state index in [-0.39, 0.29) is 16.9 Å². The zero-order valence-electron chi connectivity index (χ0n) is 11.3. The Hall–Kier alpha value is -2.50. The Morgan fingerprint density at radius 3 is 2.57 bits per heavy atom. The number of aryl methyl sites for hydroxylation is 1. The molecule has 0 atom stereocenters. The molecule has 0 aromatic heterocycles. The lowest BCUT2D eigenvalue weighted by atomic mass is 10.1. The highest BCUT2D eigenvalue weighted by Gasteiger charge is 2.17. The molecule has 0 spiro atoms. The summed E-state index contributed by atoms with van der Waals surface area (Å²) in [7, 11) is 0. The molecule has 0 saturated carbocycles. The van der Waals surface area contributed by atoms with E-state index in [1.807, 2.05) is 31.2 Å². The second-order valence-corrected chi connectivity index (χ2v) is 4.61. The normalized spacial score (nSPS) is 10.7. The van der Waals surface area contributed by atoms with Crippen LogP contribution in [0.15, 0.2) is 42.5 Å². The molecular weight excluding hydrogens is 278 g/mol. The largest absolute Gasteiger partial charge is 0.381 e. The molecule has 0 bridgehead atoms. The van der Waals surface area contributed by atoms with Gasteiger partial charge in [-0.15, -0.1) is 0 Å². The molecule has 2 aromatic carbocycles. The third-order valence-electron chi connectivity index (χ3n) is 3.21. The number of benzene rings is 2. The van der Waals surface area contributed by atoms with Gasteiger partial charge in [-0.2, -0.15) is 0 Å². The van der Waals surface area contributed by atoms with Crippen molar-refractivity contribution in [2.45, 2.75) is 19.9 Å². The van der Waals surface area contributed by atoms with Crippen LogP contribution in [0.2, 0.25) is 0 Å². The highest BCUT2D eigenvalue weighted by molar-refractivity contribution is 5.57. The van der Waals surface area contributed by atoms with Crippen molar-refractivity contribution in [1.29, 1.82) is 0 Å². The van der Waals surface area contributed by atoms with E-state index in [0.29, 0.717) is 6.54 Å². The van der Waals surface area contributed by atoms with Gasteiger partial charge in [0.15, 0.2) is 0 Å². The Bertz CT molecular complexity index is 660. The fraction of sp³-hybridized carbons (Fsp3) is 0.200. The van der Waals surface area contributed by atoms with Crippen molar-refractivity contribution >= 4 is 11.4 Å². The number of nitro groups is 1. The van der Waals surface area contributed by atoms with Gasteiger partial charge >= 0.3 is 0 Å². The number of alkyl halides is 2. The molecule has 0 amide bonds. The summed E-state index contributed by atoms with van der Waals surface area (Å²) < 4.78 is 26.0. The fourth-order valence-corrected chi connectivity index (χ4v) is 2.00. The number of hydrogen-bond acceptors (Lipinski definition) is 3. The van der Waals surface area contributed by atoms with E-state index in [2.05, 4.69) is 5.32 Å². The number of anilines is 1. The predicted octanol–water partition coefficient (Wildman–Crippen LogP) is 4.45. The molecule has 0 aliphatic carbocycles. The molecular formula is C15H14F2N2O2. The number of non-ortho nitro benzene ring substituents is 1. The number of nitrogens with zero attached hydrogens (tertiary/aromatic N) is 1. The second kappa shape index (κ2) is 6.30. The van der Waals surface area contributed by atoms with Crippen molar-refractivity contribution in [3.05, 3.63) is 69.3 Å². The summed E-state index contributed by atoms with van der Waals surface area (Å²) in [5.74, 6) is 0. The summed E-state index contributed by atoms with van der Waals surface area (Å²) in [6.07, 6.45) is -2.77. The zero-order chi connectivity index (χ0) is 15.4. The SMILES string of the molecule is Cc1ccccc1CNc1ccc([N+](=O)[O-])cc1C(F)F. The lowest BCUT2D eigenvalue weighted by Crippen LogP contribution is -2.04. The highest BCUT2D eigenvalue weighted by atomic mass is 19.3. The van der Waals surface area contributed by atoms with Crippen molar-refractivity contribution in [2.75, 3.05) is 5.32 Å². The first-order valence-corrected chi connectivity index (χ1v) is 6.34. The smallest absolute Gasteiger partial charge is 0.270 e. The zero-order valence-corrected chi connectivity index (χ0v) is 11.3. The number of hydrogen-bond donors (Lipinski definition) is 1. The van der Waals surface area contributed by atoms with E-state index in [1.165, 1.54) is 12.1 Å². The van der Waals surface area contributed by atoms with Crippen LogP contribution in [0.3, 0.4) is 0 Å². The molecule has 0 fully saturated rings. The summed E-state index contributed by atoms with van der Waals surface area (Å²) >= 11 is 0. The number of nitro benzene ring substituents is 1. The maximum Gasteiger partial charge on any atom is 0.270 e. The minimum atomic E-state index is -2.77. The van der Waals surface area contributed by atoms with Crippen LogP contribution in [-0.2, 0) is 6.54 Å². The molecule has 0 saturated heterocycles. The van der Waals surface area contributed by atoms with Gasteiger partial charge in [0.1, 0.15) is 0 Å². The van der Waals surface area contributed by atoms with E-state index in [0.717, 1.165) is 17.2 Å². The van der Waals surface area contributed by atoms with Crippen molar-refractivity contribution in [1.82, 2.24) is 0 Å². The minimum absolute atomic E-state index is 0.207. The third kappa shape index (κ3) is 3.53. The van der Waals surface area contributed by atoms with Gasteiger partial charge in [0, 0.05) is 29.9 Å². The standard InChI is InChI=1S/C15H14F2N2O2/c1-10-4-2-3-5-11(10)9-18-14-7-6-12(19(20)21)8-13(14)15(16)17/h2-8,15,18H,9H2,1H3. The molecule has 1 N–H and O–H groups in total. The van der Waals surface area contributed by atoms with Crippen molar-refractivity contribution in [3.8, 4) is 0 Å². The first kappa shape index (κ1) is 14.9. The predicted molar refractivity (Wildman–Crippen MR) is 76.6 cm³/mol. The third-order valence-corrected chi connectivity index (χ3v) is 3.21. The second-order valence-electron chi connectivity index (χ2n) is 4.61. The minimum Gasteiger partial charge on any atom is -0.381 e. The molecule has 0 unspecified atom stereocenters. The summed E-state index contributed by atoms with van der Waals surface area (Å²) in [6.45, 7) is 2.31. The fourth-order valence-electron chi connectivity index (χ4n) is 2.00. The van der Waals surface area contributed by atoms with Gasteiger partial charge in [0.25, 0.3) is 12.1 Å². The van der Waals surface area contributed by atoms with E-state index in [9.17, 15) is 18.9 Å². The average molecular weight is 292 g/mol. The average Bonchev–Trinajstić information content (AvgIpc) is 2.46. The molecule has 0 aliphatic rings. The molecule has 4 nitrogen and oxygen atoms in total. The summed E-state index contributed by atoms with van der Waals surface area (Å²) in [5, 5.41) is 13.6. The molecule has 6 heteroatoms. The monoisotopic (exact) mass is 292 g/mol. The van der Waals surface area contributed by atoms with Gasteiger partial charge in [-0.25, -0.2) is 8.78 Å². The molecule has 0 aliphatic heterocycles.